The van der Waals surface area contributed by atoms with E-state index in [9.17, 15) is 23.4 Å². The molecule has 2 aromatic carbocycles. The van der Waals surface area contributed by atoms with Crippen molar-refractivity contribution in [2.24, 2.45) is 11.3 Å². The second-order valence-corrected chi connectivity index (χ2v) is 14.2. The Hall–Kier alpha value is -4.14. The van der Waals surface area contributed by atoms with Gasteiger partial charge in [-0.15, -0.1) is 4.39 Å². The van der Waals surface area contributed by atoms with Gasteiger partial charge in [-0.05, 0) is 67.5 Å². The molecule has 8 rings (SSSR count). The smallest absolute Gasteiger partial charge is 0.461 e. The van der Waals surface area contributed by atoms with E-state index in [-0.39, 0.29) is 62.7 Å². The second kappa shape index (κ2) is 12.0. The molecule has 4 aliphatic rings. The number of nitrogens with zero attached hydrogens (tertiary/aromatic N) is 5. The lowest BCUT2D eigenvalue weighted by atomic mass is 9.80. The highest BCUT2D eigenvalue weighted by Crippen LogP contribution is 2.66. The van der Waals surface area contributed by atoms with E-state index in [0.717, 1.165) is 38.3 Å². The Morgan fingerprint density at radius 1 is 1.08 bits per heavy atom. The number of pyridine rings is 1. The fraction of sp³-hybridized carbons (Fsp3) is 0.472. The highest BCUT2D eigenvalue weighted by Gasteiger charge is 2.67. The van der Waals surface area contributed by atoms with Crippen molar-refractivity contribution < 1.29 is 41.6 Å². The number of benzene rings is 2. The van der Waals surface area contributed by atoms with Gasteiger partial charge in [-0.2, -0.15) is 9.97 Å². The maximum Gasteiger partial charge on any atom is 0.492 e. The predicted octanol–water partition coefficient (Wildman–Crippen LogP) is 6.85. The molecule has 0 bridgehead atoms. The zero-order valence-electron chi connectivity index (χ0n) is 27.3. The second-order valence-electron chi connectivity index (χ2n) is 14.2. The van der Waals surface area contributed by atoms with E-state index in [4.69, 9.17) is 4.74 Å². The van der Waals surface area contributed by atoms with Crippen LogP contribution in [0.1, 0.15) is 51.9 Å². The minimum absolute atomic E-state index is 0.0201. The normalized spacial score (nSPS) is 25.8. The molecule has 3 saturated heterocycles. The average molecular weight is 698 g/mol. The van der Waals surface area contributed by atoms with Crippen LogP contribution in [0.15, 0.2) is 48.4 Å². The van der Waals surface area contributed by atoms with Gasteiger partial charge in [-0.3, -0.25) is 9.88 Å². The van der Waals surface area contributed by atoms with Gasteiger partial charge in [0.15, 0.2) is 23.7 Å². The third kappa shape index (κ3) is 5.34. The highest BCUT2D eigenvalue weighted by atomic mass is 19.2. The van der Waals surface area contributed by atoms with E-state index < -0.39 is 35.4 Å². The van der Waals surface area contributed by atoms with Crippen molar-refractivity contribution in [3.63, 3.8) is 0 Å². The standard InChI is InChI=1S/C36H36F5N5O4/c1-20-5-2-3-13-46(31(20)40)32-24-17-42-28(23-7-4-6-22-8-9-25(38)30(26(22)23)50-36(41,47)48)27(39)29(24)43-33(44-32)49-19-35-15-21(16-37)18-45(35)14-12-34(35)10-11-34/h4,6-9,16-17,20,31,47-48H,2-3,5,10-15,18-19H2,1H3/b21-16-/t20?,31-,35+/m1/s1. The quantitative estimate of drug-likeness (QED) is 0.122. The van der Waals surface area contributed by atoms with Crippen LogP contribution < -0.4 is 14.4 Å². The number of alkyl halides is 2. The summed E-state index contributed by atoms with van der Waals surface area (Å²) in [6.45, 7) is 3.54. The lowest BCUT2D eigenvalue weighted by Gasteiger charge is -2.37. The van der Waals surface area contributed by atoms with E-state index in [0.29, 0.717) is 44.3 Å². The van der Waals surface area contributed by atoms with Gasteiger partial charge in [0.05, 0.1) is 17.3 Å². The monoisotopic (exact) mass is 697 g/mol. The summed E-state index contributed by atoms with van der Waals surface area (Å²) in [5.74, 6) is -3.20. The topological polar surface area (TPSA) is 104 Å². The van der Waals surface area contributed by atoms with Gasteiger partial charge < -0.3 is 24.6 Å². The molecule has 5 heterocycles. The maximum absolute atomic E-state index is 16.9. The van der Waals surface area contributed by atoms with Gasteiger partial charge >= 0.3 is 12.2 Å². The van der Waals surface area contributed by atoms with Gasteiger partial charge in [0, 0.05) is 36.2 Å². The van der Waals surface area contributed by atoms with Crippen molar-refractivity contribution in [1.29, 1.82) is 0 Å². The van der Waals surface area contributed by atoms with Crippen LogP contribution in [0.25, 0.3) is 32.9 Å². The fourth-order valence-corrected chi connectivity index (χ4v) is 8.54. The SMILES string of the molecule is CC1CCCCN(c2nc(OC[C@]34C/C(=C/F)CN3CCC43CC3)nc3c(F)c(-c4cccc5ccc(F)c(OC(O)(O)F)c45)ncc23)[C@H]1F. The Morgan fingerprint density at radius 2 is 1.90 bits per heavy atom. The molecule has 264 valence electrons. The summed E-state index contributed by atoms with van der Waals surface area (Å²) >= 11 is 0. The van der Waals surface area contributed by atoms with Crippen molar-refractivity contribution in [2.45, 2.75) is 69.9 Å². The van der Waals surface area contributed by atoms with Gasteiger partial charge in [0.1, 0.15) is 23.6 Å². The summed E-state index contributed by atoms with van der Waals surface area (Å²) in [4.78, 5) is 17.2. The van der Waals surface area contributed by atoms with E-state index in [1.807, 2.05) is 6.92 Å². The Balaban J connectivity index is 1.28. The van der Waals surface area contributed by atoms with Crippen molar-refractivity contribution in [3.8, 4) is 23.0 Å². The number of halogens is 5. The molecule has 4 fully saturated rings. The minimum atomic E-state index is -4.23. The van der Waals surface area contributed by atoms with Crippen LogP contribution in [0.3, 0.4) is 0 Å². The van der Waals surface area contributed by atoms with Crippen LogP contribution in [-0.4, -0.2) is 74.4 Å². The molecule has 4 aromatic rings. The first-order valence-corrected chi connectivity index (χ1v) is 16.9. The Morgan fingerprint density at radius 3 is 2.66 bits per heavy atom. The molecule has 2 aromatic heterocycles. The number of rotatable bonds is 7. The summed E-state index contributed by atoms with van der Waals surface area (Å²) in [7, 11) is 0. The highest BCUT2D eigenvalue weighted by molar-refractivity contribution is 6.02. The van der Waals surface area contributed by atoms with Crippen LogP contribution >= 0.6 is 0 Å². The molecular weight excluding hydrogens is 661 g/mol. The molecule has 1 unspecified atom stereocenters. The Bertz CT molecular complexity index is 2020. The maximum atomic E-state index is 16.9. The molecule has 3 atom stereocenters. The first-order valence-electron chi connectivity index (χ1n) is 16.9. The number of aliphatic hydroxyl groups is 2. The largest absolute Gasteiger partial charge is 0.492 e. The zero-order valence-corrected chi connectivity index (χ0v) is 27.3. The Labute approximate surface area is 284 Å². The van der Waals surface area contributed by atoms with Gasteiger partial charge in [0.2, 0.25) is 0 Å². The number of fused-ring (bicyclic) bond motifs is 4. The first-order chi connectivity index (χ1) is 23.9. The third-order valence-electron chi connectivity index (χ3n) is 11.2. The average Bonchev–Trinajstić information content (AvgIpc) is 3.76. The lowest BCUT2D eigenvalue weighted by molar-refractivity contribution is -0.375. The van der Waals surface area contributed by atoms with Gasteiger partial charge in [-0.25, -0.2) is 17.6 Å². The molecule has 1 aliphatic carbocycles. The molecule has 1 saturated carbocycles. The van der Waals surface area contributed by atoms with Gasteiger partial charge in [0.25, 0.3) is 0 Å². The zero-order chi connectivity index (χ0) is 35.0. The fourth-order valence-electron chi connectivity index (χ4n) is 8.54. The van der Waals surface area contributed by atoms with Crippen LogP contribution in [0.4, 0.5) is 27.8 Å². The number of hydrogen-bond donors (Lipinski definition) is 2. The van der Waals surface area contributed by atoms with E-state index >= 15 is 8.78 Å². The predicted molar refractivity (Wildman–Crippen MR) is 174 cm³/mol. The molecule has 2 N–H and O–H groups in total. The van der Waals surface area contributed by atoms with Gasteiger partial charge in [-0.1, -0.05) is 37.6 Å². The Kier molecular flexibility index (Phi) is 7.92. The van der Waals surface area contributed by atoms with Crippen LogP contribution in [-0.2, 0) is 0 Å². The summed E-state index contributed by atoms with van der Waals surface area (Å²) in [6.07, 6.45) is 1.88. The summed E-state index contributed by atoms with van der Waals surface area (Å²) in [5, 5.41) is 18.9. The molecule has 9 nitrogen and oxygen atoms in total. The molecule has 0 radical (unpaired) electrons. The number of hydrogen-bond acceptors (Lipinski definition) is 9. The minimum Gasteiger partial charge on any atom is -0.461 e. The molecule has 0 amide bonds. The van der Waals surface area contributed by atoms with Crippen LogP contribution in [0.2, 0.25) is 0 Å². The first kappa shape index (κ1) is 33.0. The molecule has 14 heteroatoms. The van der Waals surface area contributed by atoms with E-state index in [2.05, 4.69) is 24.6 Å². The summed E-state index contributed by atoms with van der Waals surface area (Å²) in [6, 6.07) is 6.57. The number of anilines is 1. The molecular formula is C36H36F5N5O4. The van der Waals surface area contributed by atoms with Crippen molar-refractivity contribution in [3.05, 3.63) is 60.1 Å². The molecule has 1 spiro atoms. The van der Waals surface area contributed by atoms with E-state index in [1.165, 1.54) is 29.3 Å². The molecule has 50 heavy (non-hydrogen) atoms. The van der Waals surface area contributed by atoms with Crippen molar-refractivity contribution in [2.75, 3.05) is 31.1 Å². The summed E-state index contributed by atoms with van der Waals surface area (Å²) in [5.41, 5.74) is -0.434. The number of ether oxygens (including phenoxy) is 2. The van der Waals surface area contributed by atoms with E-state index in [1.54, 1.807) is 6.07 Å². The van der Waals surface area contributed by atoms with Crippen LogP contribution in [0.5, 0.6) is 11.8 Å². The summed E-state index contributed by atoms with van der Waals surface area (Å²) < 4.78 is 86.5. The number of aromatic nitrogens is 3. The van der Waals surface area contributed by atoms with Crippen LogP contribution in [0, 0.1) is 23.0 Å². The lowest BCUT2D eigenvalue weighted by Crippen LogP contribution is -2.49. The van der Waals surface area contributed by atoms with Crippen molar-refractivity contribution in [1.82, 2.24) is 19.9 Å². The molecule has 3 aliphatic heterocycles. The van der Waals surface area contributed by atoms with Crippen molar-refractivity contribution >= 4 is 27.5 Å². The third-order valence-corrected chi connectivity index (χ3v) is 11.2.